The molecule has 0 radical (unpaired) electrons. The number of nitrogens with zero attached hydrogens (tertiary/aromatic N) is 1. The number of hydroxylamine groups is 2. The van der Waals surface area contributed by atoms with E-state index in [4.69, 9.17) is 0 Å². The molecule has 1 aliphatic rings. The first-order valence-corrected chi connectivity index (χ1v) is 5.96. The smallest absolute Gasteiger partial charge is 0.0439 e. The minimum atomic E-state index is -0.100. The van der Waals surface area contributed by atoms with Gasteiger partial charge in [-0.1, -0.05) is 20.8 Å². The van der Waals surface area contributed by atoms with Crippen molar-refractivity contribution < 1.29 is 5.21 Å². The van der Waals surface area contributed by atoms with Gasteiger partial charge in [-0.3, -0.25) is 0 Å². The standard InChI is InChI=1S/C13H27NO/c1-11(2,3)8-10-9-12(4,5)14(15)13(10,6)7/h10,15H,8-9H2,1-7H3. The minimum absolute atomic E-state index is 0.0839. The van der Waals surface area contributed by atoms with Crippen molar-refractivity contribution in [1.82, 2.24) is 5.06 Å². The van der Waals surface area contributed by atoms with E-state index in [1.54, 1.807) is 5.06 Å². The fourth-order valence-electron chi connectivity index (χ4n) is 2.95. The number of hydrogen-bond donors (Lipinski definition) is 1. The topological polar surface area (TPSA) is 23.5 Å². The van der Waals surface area contributed by atoms with Crippen LogP contribution in [0.25, 0.3) is 0 Å². The molecule has 1 heterocycles. The van der Waals surface area contributed by atoms with Crippen LogP contribution in [-0.2, 0) is 0 Å². The van der Waals surface area contributed by atoms with E-state index in [2.05, 4.69) is 48.5 Å². The van der Waals surface area contributed by atoms with E-state index in [0.29, 0.717) is 11.3 Å². The maximum atomic E-state index is 10.2. The zero-order chi connectivity index (χ0) is 12.1. The van der Waals surface area contributed by atoms with Crippen molar-refractivity contribution in [2.45, 2.75) is 72.4 Å². The Hall–Kier alpha value is -0.0800. The second-order valence-corrected chi connectivity index (χ2v) is 7.44. The molecule has 1 aliphatic heterocycles. The van der Waals surface area contributed by atoms with Gasteiger partial charge in [0.05, 0.1) is 0 Å². The van der Waals surface area contributed by atoms with Crippen LogP contribution in [0, 0.1) is 11.3 Å². The second kappa shape index (κ2) is 3.46. The summed E-state index contributed by atoms with van der Waals surface area (Å²) in [6, 6.07) is 0. The van der Waals surface area contributed by atoms with Gasteiger partial charge in [0.15, 0.2) is 0 Å². The van der Waals surface area contributed by atoms with Crippen molar-refractivity contribution in [3.8, 4) is 0 Å². The first-order valence-electron chi connectivity index (χ1n) is 5.96. The van der Waals surface area contributed by atoms with Crippen LogP contribution in [0.1, 0.15) is 61.3 Å². The maximum absolute atomic E-state index is 10.2. The molecule has 2 heteroatoms. The molecule has 0 amide bonds. The third-order valence-electron chi connectivity index (χ3n) is 3.72. The van der Waals surface area contributed by atoms with Crippen molar-refractivity contribution in [2.75, 3.05) is 0 Å². The lowest BCUT2D eigenvalue weighted by molar-refractivity contribution is -0.197. The molecular weight excluding hydrogens is 186 g/mol. The van der Waals surface area contributed by atoms with Gasteiger partial charge in [-0.25, -0.2) is 0 Å². The molecule has 15 heavy (non-hydrogen) atoms. The Labute approximate surface area is 94.6 Å². The lowest BCUT2D eigenvalue weighted by atomic mass is 9.75. The fourth-order valence-corrected chi connectivity index (χ4v) is 2.95. The molecule has 1 rings (SSSR count). The van der Waals surface area contributed by atoms with Crippen LogP contribution in [0.4, 0.5) is 0 Å². The third-order valence-corrected chi connectivity index (χ3v) is 3.72. The monoisotopic (exact) mass is 213 g/mol. The summed E-state index contributed by atoms with van der Waals surface area (Å²) >= 11 is 0. The van der Waals surface area contributed by atoms with Crippen molar-refractivity contribution in [3.63, 3.8) is 0 Å². The van der Waals surface area contributed by atoms with E-state index in [9.17, 15) is 5.21 Å². The maximum Gasteiger partial charge on any atom is 0.0439 e. The first-order chi connectivity index (χ1) is 6.47. The van der Waals surface area contributed by atoms with Crippen molar-refractivity contribution in [1.29, 1.82) is 0 Å². The summed E-state index contributed by atoms with van der Waals surface area (Å²) in [6.07, 6.45) is 2.24. The molecule has 1 N–H and O–H groups in total. The van der Waals surface area contributed by atoms with Gasteiger partial charge >= 0.3 is 0 Å². The molecule has 2 nitrogen and oxygen atoms in total. The molecule has 1 saturated heterocycles. The highest BCUT2D eigenvalue weighted by molar-refractivity contribution is 5.02. The van der Waals surface area contributed by atoms with Crippen LogP contribution in [-0.4, -0.2) is 21.3 Å². The van der Waals surface area contributed by atoms with Crippen molar-refractivity contribution in [2.24, 2.45) is 11.3 Å². The minimum Gasteiger partial charge on any atom is -0.313 e. The van der Waals surface area contributed by atoms with E-state index in [-0.39, 0.29) is 11.1 Å². The number of rotatable bonds is 1. The lowest BCUT2D eigenvalue weighted by Crippen LogP contribution is -2.47. The fraction of sp³-hybridized carbons (Fsp3) is 1.00. The summed E-state index contributed by atoms with van der Waals surface area (Å²) in [4.78, 5) is 0. The van der Waals surface area contributed by atoms with Crippen LogP contribution in [0.3, 0.4) is 0 Å². The molecule has 0 aromatic heterocycles. The zero-order valence-corrected chi connectivity index (χ0v) is 11.4. The highest BCUT2D eigenvalue weighted by Crippen LogP contribution is 2.47. The van der Waals surface area contributed by atoms with Gasteiger partial charge in [0.1, 0.15) is 0 Å². The Balaban J connectivity index is 2.85. The average Bonchev–Trinajstić information content (AvgIpc) is 2.09. The predicted molar refractivity (Wildman–Crippen MR) is 64.0 cm³/mol. The summed E-state index contributed by atoms with van der Waals surface area (Å²) in [6.45, 7) is 15.4. The van der Waals surface area contributed by atoms with Crippen LogP contribution in [0.2, 0.25) is 0 Å². The summed E-state index contributed by atoms with van der Waals surface area (Å²) in [5.41, 5.74) is 0.152. The van der Waals surface area contributed by atoms with Gasteiger partial charge in [-0.2, -0.15) is 5.06 Å². The highest BCUT2D eigenvalue weighted by atomic mass is 16.5. The molecular formula is C13H27NO. The third kappa shape index (κ3) is 2.54. The molecule has 90 valence electrons. The molecule has 1 fully saturated rings. The quantitative estimate of drug-likeness (QED) is 0.718. The molecule has 0 aliphatic carbocycles. The Bertz CT molecular complexity index is 235. The van der Waals surface area contributed by atoms with Gasteiger partial charge in [0.25, 0.3) is 0 Å². The Morgan fingerprint density at radius 1 is 1.20 bits per heavy atom. The van der Waals surface area contributed by atoms with Crippen LogP contribution in [0.5, 0.6) is 0 Å². The normalized spacial score (nSPS) is 30.8. The van der Waals surface area contributed by atoms with Gasteiger partial charge in [-0.15, -0.1) is 0 Å². The highest BCUT2D eigenvalue weighted by Gasteiger charge is 2.51. The van der Waals surface area contributed by atoms with E-state index < -0.39 is 0 Å². The molecule has 0 spiro atoms. The zero-order valence-electron chi connectivity index (χ0n) is 11.4. The van der Waals surface area contributed by atoms with Crippen molar-refractivity contribution >= 4 is 0 Å². The van der Waals surface area contributed by atoms with Gasteiger partial charge < -0.3 is 5.21 Å². The molecule has 0 saturated carbocycles. The van der Waals surface area contributed by atoms with Gasteiger partial charge in [0, 0.05) is 11.1 Å². The van der Waals surface area contributed by atoms with Crippen LogP contribution >= 0.6 is 0 Å². The lowest BCUT2D eigenvalue weighted by Gasteiger charge is -2.37. The largest absolute Gasteiger partial charge is 0.313 e. The van der Waals surface area contributed by atoms with E-state index in [0.717, 1.165) is 6.42 Å². The molecule has 1 atom stereocenters. The van der Waals surface area contributed by atoms with Crippen molar-refractivity contribution in [3.05, 3.63) is 0 Å². The van der Waals surface area contributed by atoms with E-state index in [1.165, 1.54) is 6.42 Å². The van der Waals surface area contributed by atoms with Crippen LogP contribution < -0.4 is 0 Å². The van der Waals surface area contributed by atoms with Crippen LogP contribution in [0.15, 0.2) is 0 Å². The van der Waals surface area contributed by atoms with E-state index in [1.807, 2.05) is 0 Å². The average molecular weight is 213 g/mol. The van der Waals surface area contributed by atoms with Gasteiger partial charge in [0.2, 0.25) is 0 Å². The predicted octanol–water partition coefficient (Wildman–Crippen LogP) is 3.69. The Morgan fingerprint density at radius 2 is 1.67 bits per heavy atom. The summed E-state index contributed by atoms with van der Waals surface area (Å²) in [5, 5.41) is 11.8. The van der Waals surface area contributed by atoms with E-state index >= 15 is 0 Å². The Kier molecular flexibility index (Phi) is 2.99. The first kappa shape index (κ1) is 13.0. The number of hydrogen-bond acceptors (Lipinski definition) is 2. The Morgan fingerprint density at radius 3 is 1.93 bits per heavy atom. The summed E-state index contributed by atoms with van der Waals surface area (Å²) in [7, 11) is 0. The SMILES string of the molecule is CC(C)(C)CC1CC(C)(C)N(O)C1(C)C. The molecule has 1 unspecified atom stereocenters. The molecule has 0 aromatic rings. The van der Waals surface area contributed by atoms with Gasteiger partial charge in [-0.05, 0) is 51.9 Å². The molecule has 0 aromatic carbocycles. The second-order valence-electron chi connectivity index (χ2n) is 7.44. The summed E-state index contributed by atoms with van der Waals surface area (Å²) in [5.74, 6) is 0.567. The molecule has 0 bridgehead atoms. The summed E-state index contributed by atoms with van der Waals surface area (Å²) < 4.78 is 0.